The highest BCUT2D eigenvalue weighted by molar-refractivity contribution is 6.03. The maximum atomic E-state index is 11.9. The molecule has 2 nitrogen and oxygen atoms in total. The lowest BCUT2D eigenvalue weighted by atomic mass is 9.75. The summed E-state index contributed by atoms with van der Waals surface area (Å²) in [5.41, 5.74) is -0.00194. The van der Waals surface area contributed by atoms with Crippen LogP contribution < -0.4 is 0 Å². The van der Waals surface area contributed by atoms with Crippen LogP contribution in [-0.2, 0) is 9.59 Å². The molecule has 0 amide bonds. The van der Waals surface area contributed by atoms with Crippen LogP contribution in [0.1, 0.15) is 53.4 Å². The van der Waals surface area contributed by atoms with E-state index in [0.717, 1.165) is 19.3 Å². The van der Waals surface area contributed by atoms with Gasteiger partial charge in [0.15, 0.2) is 0 Å². The molecule has 1 aliphatic rings. The van der Waals surface area contributed by atoms with Gasteiger partial charge in [-0.2, -0.15) is 0 Å². The Hall–Kier alpha value is -0.660. The van der Waals surface area contributed by atoms with E-state index in [4.69, 9.17) is 0 Å². The van der Waals surface area contributed by atoms with Gasteiger partial charge in [0.2, 0.25) is 0 Å². The Morgan fingerprint density at radius 1 is 1.33 bits per heavy atom. The first-order valence-corrected chi connectivity index (χ1v) is 5.88. The van der Waals surface area contributed by atoms with Crippen molar-refractivity contribution in [1.82, 2.24) is 0 Å². The number of ketones is 2. The van der Waals surface area contributed by atoms with E-state index in [0.29, 0.717) is 6.42 Å². The fraction of sp³-hybridized carbons (Fsp3) is 0.846. The van der Waals surface area contributed by atoms with Gasteiger partial charge in [0, 0.05) is 12.3 Å². The zero-order valence-corrected chi connectivity index (χ0v) is 10.3. The minimum absolute atomic E-state index is 0.00194. The highest BCUT2D eigenvalue weighted by Crippen LogP contribution is 2.30. The zero-order valence-electron chi connectivity index (χ0n) is 10.3. The molecule has 2 unspecified atom stereocenters. The third kappa shape index (κ3) is 3.44. The van der Waals surface area contributed by atoms with Crippen molar-refractivity contribution >= 4 is 11.6 Å². The molecule has 2 atom stereocenters. The van der Waals surface area contributed by atoms with Crippen molar-refractivity contribution < 1.29 is 9.59 Å². The molecule has 0 bridgehead atoms. The van der Waals surface area contributed by atoms with Crippen molar-refractivity contribution in [1.29, 1.82) is 0 Å². The van der Waals surface area contributed by atoms with E-state index in [1.54, 1.807) is 0 Å². The summed E-state index contributed by atoms with van der Waals surface area (Å²) in [5, 5.41) is 0. The Kier molecular flexibility index (Phi) is 3.69. The van der Waals surface area contributed by atoms with Gasteiger partial charge in [-0.3, -0.25) is 9.59 Å². The van der Waals surface area contributed by atoms with E-state index in [2.05, 4.69) is 0 Å². The molecule has 1 aliphatic carbocycles. The predicted octanol–water partition coefficient (Wildman–Crippen LogP) is 3.00. The molecule has 0 radical (unpaired) electrons. The summed E-state index contributed by atoms with van der Waals surface area (Å²) >= 11 is 0. The minimum atomic E-state index is -0.298. The Balaban J connectivity index is 2.63. The van der Waals surface area contributed by atoms with Crippen molar-refractivity contribution in [2.75, 3.05) is 0 Å². The number of carbonyl (C=O) groups is 2. The van der Waals surface area contributed by atoms with Crippen molar-refractivity contribution in [3.8, 4) is 0 Å². The molecule has 0 spiro atoms. The highest BCUT2D eigenvalue weighted by Gasteiger charge is 2.34. The fourth-order valence-corrected chi connectivity index (χ4v) is 2.22. The number of hydrogen-bond acceptors (Lipinski definition) is 2. The first kappa shape index (κ1) is 12.4. The first-order valence-electron chi connectivity index (χ1n) is 5.88. The molecule has 1 fully saturated rings. The number of hydrogen-bond donors (Lipinski definition) is 0. The average Bonchev–Trinajstić information content (AvgIpc) is 2.06. The molecule has 1 saturated carbocycles. The fourth-order valence-electron chi connectivity index (χ4n) is 2.22. The summed E-state index contributed by atoms with van der Waals surface area (Å²) in [6.45, 7) is 8.07. The van der Waals surface area contributed by atoms with Gasteiger partial charge in [-0.25, -0.2) is 0 Å². The second-order valence-corrected chi connectivity index (χ2v) is 5.99. The van der Waals surface area contributed by atoms with Gasteiger partial charge in [-0.05, 0) is 18.3 Å². The van der Waals surface area contributed by atoms with Crippen LogP contribution in [0.15, 0.2) is 0 Å². The number of Topliss-reactive ketones (excluding diaryl/α,β-unsaturated/α-hetero) is 2. The van der Waals surface area contributed by atoms with Crippen LogP contribution in [-0.4, -0.2) is 11.6 Å². The minimum Gasteiger partial charge on any atom is -0.299 e. The van der Waals surface area contributed by atoms with Crippen molar-refractivity contribution in [3.05, 3.63) is 0 Å². The van der Waals surface area contributed by atoms with E-state index >= 15 is 0 Å². The largest absolute Gasteiger partial charge is 0.299 e. The van der Waals surface area contributed by atoms with Crippen LogP contribution in [0, 0.1) is 17.3 Å². The molecule has 0 N–H and O–H groups in total. The van der Waals surface area contributed by atoms with Crippen molar-refractivity contribution in [3.63, 3.8) is 0 Å². The molecule has 1 rings (SSSR count). The summed E-state index contributed by atoms with van der Waals surface area (Å²) in [5.74, 6) is 0.121. The Labute approximate surface area is 92.4 Å². The van der Waals surface area contributed by atoms with Crippen molar-refractivity contribution in [2.45, 2.75) is 53.4 Å². The summed E-state index contributed by atoms with van der Waals surface area (Å²) in [6.07, 6.45) is 3.28. The van der Waals surface area contributed by atoms with Gasteiger partial charge < -0.3 is 0 Å². The molecular formula is C13H22O2. The standard InChI is InChI=1S/C13H22O2/c1-9-6-5-7-10(12(9)15)11(14)8-13(2,3)4/h9-10H,5-8H2,1-4H3. The van der Waals surface area contributed by atoms with Crippen molar-refractivity contribution in [2.24, 2.45) is 17.3 Å². The van der Waals surface area contributed by atoms with Gasteiger partial charge in [0.25, 0.3) is 0 Å². The summed E-state index contributed by atoms with van der Waals surface area (Å²) in [4.78, 5) is 23.8. The summed E-state index contributed by atoms with van der Waals surface area (Å²) < 4.78 is 0. The van der Waals surface area contributed by atoms with E-state index in [9.17, 15) is 9.59 Å². The monoisotopic (exact) mass is 210 g/mol. The first-order chi connectivity index (χ1) is 6.81. The molecule has 0 saturated heterocycles. The molecule has 0 aromatic heterocycles. The van der Waals surface area contributed by atoms with Gasteiger partial charge in [-0.1, -0.05) is 34.1 Å². The Morgan fingerprint density at radius 3 is 2.47 bits per heavy atom. The summed E-state index contributed by atoms with van der Waals surface area (Å²) in [6, 6.07) is 0. The van der Waals surface area contributed by atoms with E-state index in [1.165, 1.54) is 0 Å². The second kappa shape index (κ2) is 4.46. The maximum absolute atomic E-state index is 11.9. The topological polar surface area (TPSA) is 34.1 Å². The lowest BCUT2D eigenvalue weighted by molar-refractivity contribution is -0.137. The van der Waals surface area contributed by atoms with Gasteiger partial charge in [0.1, 0.15) is 11.6 Å². The molecule has 0 aliphatic heterocycles. The van der Waals surface area contributed by atoms with Gasteiger partial charge in [-0.15, -0.1) is 0 Å². The molecule has 2 heteroatoms. The molecule has 0 heterocycles. The third-order valence-electron chi connectivity index (χ3n) is 3.05. The molecule has 0 aromatic carbocycles. The van der Waals surface area contributed by atoms with Gasteiger partial charge >= 0.3 is 0 Å². The van der Waals surface area contributed by atoms with Crippen LogP contribution in [0.4, 0.5) is 0 Å². The Morgan fingerprint density at radius 2 is 1.93 bits per heavy atom. The summed E-state index contributed by atoms with van der Waals surface area (Å²) in [7, 11) is 0. The molecule has 86 valence electrons. The smallest absolute Gasteiger partial charge is 0.146 e. The van der Waals surface area contributed by atoms with Crippen LogP contribution in [0.3, 0.4) is 0 Å². The zero-order chi connectivity index (χ0) is 11.6. The molecular weight excluding hydrogens is 188 g/mol. The van der Waals surface area contributed by atoms with E-state index in [1.807, 2.05) is 27.7 Å². The SMILES string of the molecule is CC1CCCC(C(=O)CC(C)(C)C)C1=O. The quantitative estimate of drug-likeness (QED) is 0.657. The van der Waals surface area contributed by atoms with Gasteiger partial charge in [0.05, 0.1) is 5.92 Å². The lowest BCUT2D eigenvalue weighted by Gasteiger charge is -2.27. The van der Waals surface area contributed by atoms with Crippen LogP contribution in [0.25, 0.3) is 0 Å². The van der Waals surface area contributed by atoms with Crippen LogP contribution >= 0.6 is 0 Å². The third-order valence-corrected chi connectivity index (χ3v) is 3.05. The lowest BCUT2D eigenvalue weighted by Crippen LogP contribution is -2.34. The average molecular weight is 210 g/mol. The predicted molar refractivity (Wildman–Crippen MR) is 60.6 cm³/mol. The Bertz CT molecular complexity index is 260. The van der Waals surface area contributed by atoms with Crippen LogP contribution in [0.5, 0.6) is 0 Å². The molecule has 0 aromatic rings. The van der Waals surface area contributed by atoms with E-state index in [-0.39, 0.29) is 28.8 Å². The number of rotatable bonds is 2. The van der Waals surface area contributed by atoms with Crippen LogP contribution in [0.2, 0.25) is 0 Å². The normalized spacial score (nSPS) is 27.9. The van der Waals surface area contributed by atoms with E-state index < -0.39 is 0 Å². The molecule has 15 heavy (non-hydrogen) atoms. The second-order valence-electron chi connectivity index (χ2n) is 5.99. The maximum Gasteiger partial charge on any atom is 0.146 e. The highest BCUT2D eigenvalue weighted by atomic mass is 16.2. The number of carbonyl (C=O) groups excluding carboxylic acids is 2.